The molecule has 1 aromatic heterocycles. The Hall–Kier alpha value is -0.840. The Morgan fingerprint density at radius 3 is 2.45 bits per heavy atom. The Morgan fingerprint density at radius 1 is 1.20 bits per heavy atom. The molecule has 6 heteroatoms. The van der Waals surface area contributed by atoms with Crippen molar-refractivity contribution in [2.45, 2.75) is 20.3 Å². The van der Waals surface area contributed by atoms with Crippen molar-refractivity contribution >= 4 is 44.9 Å². The van der Waals surface area contributed by atoms with Crippen molar-refractivity contribution in [2.24, 2.45) is 0 Å². The minimum absolute atomic E-state index is 0.528. The number of aromatic nitrogens is 2. The summed E-state index contributed by atoms with van der Waals surface area (Å²) in [4.78, 5) is 8.99. The molecule has 1 heterocycles. The van der Waals surface area contributed by atoms with Gasteiger partial charge in [0.05, 0.1) is 25.8 Å². The second kappa shape index (κ2) is 6.74. The highest BCUT2D eigenvalue weighted by atomic mass is 79.9. The summed E-state index contributed by atoms with van der Waals surface area (Å²) in [6.45, 7) is 4.85. The minimum Gasteiger partial charge on any atom is -0.369 e. The van der Waals surface area contributed by atoms with Gasteiger partial charge in [-0.05, 0) is 41.4 Å². The molecule has 0 aliphatic carbocycles. The van der Waals surface area contributed by atoms with E-state index in [0.29, 0.717) is 21.4 Å². The predicted molar refractivity (Wildman–Crippen MR) is 88.7 cm³/mol. The van der Waals surface area contributed by atoms with Gasteiger partial charge in [0.1, 0.15) is 5.82 Å². The van der Waals surface area contributed by atoms with Gasteiger partial charge in [-0.2, -0.15) is 0 Å². The van der Waals surface area contributed by atoms with E-state index in [1.807, 2.05) is 6.92 Å². The van der Waals surface area contributed by atoms with Gasteiger partial charge in [0.2, 0.25) is 0 Å². The summed E-state index contributed by atoms with van der Waals surface area (Å²) in [5.74, 6) is 1.28. The van der Waals surface area contributed by atoms with Crippen LogP contribution in [0.2, 0.25) is 10.0 Å². The molecule has 2 aromatic rings. The maximum Gasteiger partial charge on any atom is 0.164 e. The smallest absolute Gasteiger partial charge is 0.164 e. The fraction of sp³-hybridized carbons (Fsp3) is 0.286. The molecule has 0 atom stereocenters. The van der Waals surface area contributed by atoms with Crippen molar-refractivity contribution in [3.8, 4) is 11.4 Å². The molecule has 0 amide bonds. The molecule has 0 bridgehead atoms. The van der Waals surface area contributed by atoms with Gasteiger partial charge in [-0.15, -0.1) is 0 Å². The van der Waals surface area contributed by atoms with Gasteiger partial charge >= 0.3 is 0 Å². The molecule has 0 radical (unpaired) electrons. The van der Waals surface area contributed by atoms with E-state index in [2.05, 4.69) is 38.1 Å². The largest absolute Gasteiger partial charge is 0.369 e. The van der Waals surface area contributed by atoms with E-state index in [1.54, 1.807) is 18.2 Å². The molecule has 1 N–H and O–H groups in total. The Labute approximate surface area is 136 Å². The first kappa shape index (κ1) is 15.5. The molecule has 0 saturated heterocycles. The third-order valence-corrected chi connectivity index (χ3v) is 4.33. The quantitative estimate of drug-likeness (QED) is 0.784. The summed E-state index contributed by atoms with van der Waals surface area (Å²) >= 11 is 15.9. The second-order valence-corrected chi connectivity index (χ2v) is 5.93. The molecule has 1 aromatic carbocycles. The monoisotopic (exact) mass is 373 g/mol. The van der Waals surface area contributed by atoms with Crippen LogP contribution in [0.5, 0.6) is 0 Å². The molecule has 106 valence electrons. The fourth-order valence-corrected chi connectivity index (χ4v) is 2.63. The summed E-state index contributed by atoms with van der Waals surface area (Å²) in [7, 11) is 0. The number of benzene rings is 1. The molecular weight excluding hydrogens is 361 g/mol. The lowest BCUT2D eigenvalue weighted by molar-refractivity contribution is 0.958. The zero-order chi connectivity index (χ0) is 14.7. The Kier molecular flexibility index (Phi) is 5.24. The summed E-state index contributed by atoms with van der Waals surface area (Å²) in [5.41, 5.74) is 1.50. The summed E-state index contributed by atoms with van der Waals surface area (Å²) < 4.78 is 0.859. The van der Waals surface area contributed by atoms with Crippen LogP contribution < -0.4 is 5.32 Å². The highest BCUT2D eigenvalue weighted by Crippen LogP contribution is 2.34. The molecule has 0 unspecified atom stereocenters. The van der Waals surface area contributed by atoms with Crippen molar-refractivity contribution < 1.29 is 0 Å². The van der Waals surface area contributed by atoms with Crippen LogP contribution in [0.1, 0.15) is 19.0 Å². The number of anilines is 1. The van der Waals surface area contributed by atoms with Crippen LogP contribution >= 0.6 is 39.1 Å². The van der Waals surface area contributed by atoms with Gasteiger partial charge in [-0.25, -0.2) is 9.97 Å². The van der Waals surface area contributed by atoms with Crippen molar-refractivity contribution in [1.82, 2.24) is 9.97 Å². The predicted octanol–water partition coefficient (Wildman–Crippen LogP) is 5.34. The number of hydrogen-bond donors (Lipinski definition) is 1. The average Bonchev–Trinajstić information content (AvgIpc) is 2.40. The molecule has 0 aliphatic rings. The van der Waals surface area contributed by atoms with Gasteiger partial charge in [0.25, 0.3) is 0 Å². The lowest BCUT2D eigenvalue weighted by Gasteiger charge is -2.12. The van der Waals surface area contributed by atoms with Crippen LogP contribution in [-0.4, -0.2) is 16.5 Å². The van der Waals surface area contributed by atoms with E-state index in [0.717, 1.165) is 29.0 Å². The lowest BCUT2D eigenvalue weighted by Crippen LogP contribution is -2.06. The second-order valence-electron chi connectivity index (χ2n) is 4.32. The maximum atomic E-state index is 6.22. The topological polar surface area (TPSA) is 37.8 Å². The molecule has 0 fully saturated rings. The number of rotatable bonds is 4. The van der Waals surface area contributed by atoms with Gasteiger partial charge in [-0.3, -0.25) is 0 Å². The average molecular weight is 375 g/mol. The van der Waals surface area contributed by atoms with Gasteiger partial charge in [-0.1, -0.05) is 36.2 Å². The third-order valence-electron chi connectivity index (χ3n) is 2.75. The van der Waals surface area contributed by atoms with E-state index >= 15 is 0 Å². The first-order valence-corrected chi connectivity index (χ1v) is 7.81. The Morgan fingerprint density at radius 2 is 1.85 bits per heavy atom. The van der Waals surface area contributed by atoms with Crippen LogP contribution in [0.3, 0.4) is 0 Å². The van der Waals surface area contributed by atoms with Gasteiger partial charge in [0.15, 0.2) is 5.82 Å². The number of aryl methyl sites for hydroxylation is 1. The van der Waals surface area contributed by atoms with Crippen molar-refractivity contribution in [3.63, 3.8) is 0 Å². The molecule has 20 heavy (non-hydrogen) atoms. The van der Waals surface area contributed by atoms with Crippen LogP contribution in [0.4, 0.5) is 5.82 Å². The SMILES string of the molecule is CCCNc1nc(-c2c(Cl)cccc2Cl)nc(C)c1Br. The molecule has 2 rings (SSSR count). The van der Waals surface area contributed by atoms with Crippen LogP contribution in [0, 0.1) is 6.92 Å². The van der Waals surface area contributed by atoms with E-state index in [9.17, 15) is 0 Å². The summed E-state index contributed by atoms with van der Waals surface area (Å²) in [5, 5.41) is 4.35. The van der Waals surface area contributed by atoms with Gasteiger partial charge < -0.3 is 5.32 Å². The van der Waals surface area contributed by atoms with E-state index in [4.69, 9.17) is 23.2 Å². The fourth-order valence-electron chi connectivity index (χ4n) is 1.74. The Bertz CT molecular complexity index is 612. The zero-order valence-electron chi connectivity index (χ0n) is 11.2. The molecule has 3 nitrogen and oxygen atoms in total. The maximum absolute atomic E-state index is 6.22. The van der Waals surface area contributed by atoms with Crippen LogP contribution in [0.25, 0.3) is 11.4 Å². The lowest BCUT2D eigenvalue weighted by atomic mass is 10.2. The first-order chi connectivity index (χ1) is 9.54. The van der Waals surface area contributed by atoms with E-state index in [1.165, 1.54) is 0 Å². The molecule has 0 saturated carbocycles. The van der Waals surface area contributed by atoms with E-state index < -0.39 is 0 Å². The number of nitrogens with zero attached hydrogens (tertiary/aromatic N) is 2. The summed E-state index contributed by atoms with van der Waals surface area (Å²) in [6, 6.07) is 5.36. The molecular formula is C14H14BrCl2N3. The third kappa shape index (κ3) is 3.25. The highest BCUT2D eigenvalue weighted by Gasteiger charge is 2.15. The van der Waals surface area contributed by atoms with Crippen molar-refractivity contribution in [2.75, 3.05) is 11.9 Å². The normalized spacial score (nSPS) is 10.7. The molecule has 0 aliphatic heterocycles. The Balaban J connectivity index is 2.55. The van der Waals surface area contributed by atoms with Crippen LogP contribution in [-0.2, 0) is 0 Å². The van der Waals surface area contributed by atoms with E-state index in [-0.39, 0.29) is 0 Å². The number of nitrogens with one attached hydrogen (secondary N) is 1. The van der Waals surface area contributed by atoms with Crippen molar-refractivity contribution in [1.29, 1.82) is 0 Å². The minimum atomic E-state index is 0.528. The first-order valence-electron chi connectivity index (χ1n) is 6.27. The summed E-state index contributed by atoms with van der Waals surface area (Å²) in [6.07, 6.45) is 1.01. The van der Waals surface area contributed by atoms with Crippen LogP contribution in [0.15, 0.2) is 22.7 Å². The highest BCUT2D eigenvalue weighted by molar-refractivity contribution is 9.10. The molecule has 0 spiro atoms. The zero-order valence-corrected chi connectivity index (χ0v) is 14.3. The van der Waals surface area contributed by atoms with Crippen molar-refractivity contribution in [3.05, 3.63) is 38.4 Å². The van der Waals surface area contributed by atoms with Gasteiger partial charge in [0, 0.05) is 6.54 Å². The number of halogens is 3. The standard InChI is InChI=1S/C14H14BrCl2N3/c1-3-7-18-14-12(15)8(2)19-13(20-14)11-9(16)5-4-6-10(11)17/h4-6H,3,7H2,1-2H3,(H,18,19,20). The number of hydrogen-bond acceptors (Lipinski definition) is 3.